The number of benzene rings is 2. The van der Waals surface area contributed by atoms with E-state index in [-0.39, 0.29) is 0 Å². The Balaban J connectivity index is 1.56. The van der Waals surface area contributed by atoms with Crippen molar-refractivity contribution in [2.45, 2.75) is 26.5 Å². The van der Waals surface area contributed by atoms with E-state index in [0.29, 0.717) is 17.9 Å². The van der Waals surface area contributed by atoms with Gasteiger partial charge in [-0.3, -0.25) is 5.10 Å². The predicted molar refractivity (Wildman–Crippen MR) is 97.1 cm³/mol. The third kappa shape index (κ3) is 4.02. The average molecular weight is 340 g/mol. The van der Waals surface area contributed by atoms with Crippen LogP contribution in [0.3, 0.4) is 0 Å². The van der Waals surface area contributed by atoms with Crippen LogP contribution < -0.4 is 10.2 Å². The highest BCUT2D eigenvalue weighted by Gasteiger charge is 2.03. The largest absolute Gasteiger partial charge is 0.489 e. The van der Waals surface area contributed by atoms with Crippen LogP contribution in [0.5, 0.6) is 5.75 Å². The molecule has 0 aliphatic heterocycles. The van der Waals surface area contributed by atoms with Gasteiger partial charge < -0.3 is 10.2 Å². The molecule has 0 saturated heterocycles. The summed E-state index contributed by atoms with van der Waals surface area (Å²) in [5, 5.41) is 6.98. The highest BCUT2D eigenvalue weighted by molar-refractivity contribution is 7.71. The van der Waals surface area contributed by atoms with E-state index in [1.165, 1.54) is 0 Å². The fourth-order valence-electron chi connectivity index (χ4n) is 2.34. The molecular formula is C18H20N4OS. The maximum atomic E-state index is 5.80. The number of H-pyrrole nitrogens is 1. The first-order valence-corrected chi connectivity index (χ1v) is 8.33. The SMILES string of the molecule is CCc1n[nH]c(=S)n1NCc1ccc(OCc2ccccc2)cc1. The number of nitrogens with one attached hydrogen (secondary N) is 2. The Morgan fingerprint density at radius 1 is 1.08 bits per heavy atom. The summed E-state index contributed by atoms with van der Waals surface area (Å²) in [6.45, 7) is 3.28. The summed E-state index contributed by atoms with van der Waals surface area (Å²) in [6.07, 6.45) is 0.812. The van der Waals surface area contributed by atoms with Crippen molar-refractivity contribution in [3.05, 3.63) is 76.3 Å². The lowest BCUT2D eigenvalue weighted by Crippen LogP contribution is -2.17. The summed E-state index contributed by atoms with van der Waals surface area (Å²) in [7, 11) is 0. The molecule has 0 aliphatic rings. The number of nitrogens with zero attached hydrogens (tertiary/aromatic N) is 2. The van der Waals surface area contributed by atoms with E-state index in [4.69, 9.17) is 17.0 Å². The van der Waals surface area contributed by atoms with Crippen molar-refractivity contribution >= 4 is 12.2 Å². The van der Waals surface area contributed by atoms with Crippen LogP contribution in [-0.4, -0.2) is 14.9 Å². The Morgan fingerprint density at radius 2 is 1.83 bits per heavy atom. The molecule has 124 valence electrons. The van der Waals surface area contributed by atoms with Gasteiger partial charge in [0.2, 0.25) is 4.77 Å². The van der Waals surface area contributed by atoms with Gasteiger partial charge in [0.15, 0.2) is 5.82 Å². The van der Waals surface area contributed by atoms with Gasteiger partial charge in [-0.05, 0) is 35.5 Å². The highest BCUT2D eigenvalue weighted by atomic mass is 32.1. The minimum Gasteiger partial charge on any atom is -0.489 e. The molecule has 1 heterocycles. The second kappa shape index (κ2) is 7.79. The van der Waals surface area contributed by atoms with Crippen LogP contribution in [0.15, 0.2) is 54.6 Å². The first-order valence-electron chi connectivity index (χ1n) is 7.92. The Morgan fingerprint density at radius 3 is 2.54 bits per heavy atom. The van der Waals surface area contributed by atoms with Crippen molar-refractivity contribution in [3.8, 4) is 5.75 Å². The lowest BCUT2D eigenvalue weighted by atomic mass is 10.2. The van der Waals surface area contributed by atoms with Crippen molar-refractivity contribution in [1.82, 2.24) is 14.9 Å². The predicted octanol–water partition coefficient (Wildman–Crippen LogP) is 3.83. The lowest BCUT2D eigenvalue weighted by Gasteiger charge is -2.10. The van der Waals surface area contributed by atoms with Gasteiger partial charge in [-0.25, -0.2) is 4.68 Å². The van der Waals surface area contributed by atoms with Gasteiger partial charge in [0, 0.05) is 6.42 Å². The number of rotatable bonds is 7. The molecule has 24 heavy (non-hydrogen) atoms. The number of hydrogen-bond acceptors (Lipinski definition) is 4. The van der Waals surface area contributed by atoms with Crippen molar-refractivity contribution in [3.63, 3.8) is 0 Å². The van der Waals surface area contributed by atoms with Crippen LogP contribution >= 0.6 is 12.2 Å². The zero-order chi connectivity index (χ0) is 16.8. The maximum Gasteiger partial charge on any atom is 0.214 e. The van der Waals surface area contributed by atoms with E-state index in [1.807, 2.05) is 54.1 Å². The van der Waals surface area contributed by atoms with Crippen molar-refractivity contribution < 1.29 is 4.74 Å². The van der Waals surface area contributed by atoms with Crippen molar-refractivity contribution in [2.24, 2.45) is 0 Å². The summed E-state index contributed by atoms with van der Waals surface area (Å²) in [4.78, 5) is 0. The van der Waals surface area contributed by atoms with E-state index in [0.717, 1.165) is 29.1 Å². The molecule has 0 fully saturated rings. The summed E-state index contributed by atoms with van der Waals surface area (Å²) in [6, 6.07) is 18.2. The Bertz CT molecular complexity index is 824. The van der Waals surface area contributed by atoms with Crippen molar-refractivity contribution in [1.29, 1.82) is 0 Å². The topological polar surface area (TPSA) is 54.9 Å². The van der Waals surface area contributed by atoms with Gasteiger partial charge in [-0.15, -0.1) is 0 Å². The highest BCUT2D eigenvalue weighted by Crippen LogP contribution is 2.14. The molecular weight excluding hydrogens is 320 g/mol. The van der Waals surface area contributed by atoms with Gasteiger partial charge in [-0.1, -0.05) is 49.4 Å². The quantitative estimate of drug-likeness (QED) is 0.642. The fraction of sp³-hybridized carbons (Fsp3) is 0.222. The first-order chi connectivity index (χ1) is 11.8. The van der Waals surface area contributed by atoms with E-state index >= 15 is 0 Å². The summed E-state index contributed by atoms with van der Waals surface area (Å²) < 4.78 is 8.19. The molecule has 0 aliphatic carbocycles. The van der Waals surface area contributed by atoms with E-state index in [1.54, 1.807) is 0 Å². The van der Waals surface area contributed by atoms with Crippen LogP contribution in [0.1, 0.15) is 23.9 Å². The number of aromatic nitrogens is 3. The Labute approximate surface area is 146 Å². The molecule has 3 rings (SSSR count). The zero-order valence-electron chi connectivity index (χ0n) is 13.5. The number of ether oxygens (including phenoxy) is 1. The van der Waals surface area contributed by atoms with Gasteiger partial charge in [0.25, 0.3) is 0 Å². The van der Waals surface area contributed by atoms with Crippen molar-refractivity contribution in [2.75, 3.05) is 5.43 Å². The molecule has 6 heteroatoms. The molecule has 0 saturated carbocycles. The number of hydrogen-bond donors (Lipinski definition) is 2. The van der Waals surface area contributed by atoms with Gasteiger partial charge in [-0.2, -0.15) is 5.10 Å². The smallest absolute Gasteiger partial charge is 0.214 e. The molecule has 5 nitrogen and oxygen atoms in total. The van der Waals surface area contributed by atoms with Crippen LogP contribution in [0.4, 0.5) is 0 Å². The summed E-state index contributed by atoms with van der Waals surface area (Å²) in [5.74, 6) is 1.75. The summed E-state index contributed by atoms with van der Waals surface area (Å²) in [5.41, 5.74) is 5.59. The monoisotopic (exact) mass is 340 g/mol. The molecule has 2 aromatic carbocycles. The van der Waals surface area contributed by atoms with E-state index in [2.05, 4.69) is 27.8 Å². The standard InChI is InChI=1S/C18H20N4OS/c1-2-17-20-21-18(24)22(17)19-12-14-8-10-16(11-9-14)23-13-15-6-4-3-5-7-15/h3-11,19H,2,12-13H2,1H3,(H,21,24). The van der Waals surface area contributed by atoms with E-state index < -0.39 is 0 Å². The van der Waals surface area contributed by atoms with Crippen LogP contribution in [0.25, 0.3) is 0 Å². The number of aryl methyl sites for hydroxylation is 1. The van der Waals surface area contributed by atoms with Gasteiger partial charge >= 0.3 is 0 Å². The molecule has 3 aromatic rings. The fourth-order valence-corrected chi connectivity index (χ4v) is 2.56. The normalized spacial score (nSPS) is 10.5. The maximum absolute atomic E-state index is 5.80. The Kier molecular flexibility index (Phi) is 5.28. The van der Waals surface area contributed by atoms with Gasteiger partial charge in [0.1, 0.15) is 12.4 Å². The van der Waals surface area contributed by atoms with Gasteiger partial charge in [0.05, 0.1) is 6.54 Å². The minimum absolute atomic E-state index is 0.572. The molecule has 0 atom stereocenters. The second-order valence-electron chi connectivity index (χ2n) is 5.39. The molecule has 1 aromatic heterocycles. The average Bonchev–Trinajstić information content (AvgIpc) is 3.00. The first kappa shape index (κ1) is 16.3. The molecule has 0 amide bonds. The van der Waals surface area contributed by atoms with Crippen LogP contribution in [0, 0.1) is 4.77 Å². The number of aromatic amines is 1. The third-order valence-electron chi connectivity index (χ3n) is 3.67. The molecule has 0 spiro atoms. The van der Waals surface area contributed by atoms with E-state index in [9.17, 15) is 0 Å². The molecule has 2 N–H and O–H groups in total. The second-order valence-corrected chi connectivity index (χ2v) is 5.77. The lowest BCUT2D eigenvalue weighted by molar-refractivity contribution is 0.306. The van der Waals surface area contributed by atoms with Crippen LogP contribution in [0.2, 0.25) is 0 Å². The molecule has 0 radical (unpaired) electrons. The molecule has 0 unspecified atom stereocenters. The van der Waals surface area contributed by atoms with Crippen LogP contribution in [-0.2, 0) is 19.6 Å². The zero-order valence-corrected chi connectivity index (χ0v) is 14.3. The molecule has 0 bridgehead atoms. The third-order valence-corrected chi connectivity index (χ3v) is 3.94. The summed E-state index contributed by atoms with van der Waals surface area (Å²) >= 11 is 5.22. The Hall–Kier alpha value is -2.60. The minimum atomic E-state index is 0.572.